The molecule has 0 amide bonds. The number of anilines is 4. The molecule has 1 aromatic carbocycles. The zero-order chi connectivity index (χ0) is 31.1. The summed E-state index contributed by atoms with van der Waals surface area (Å²) >= 11 is 0. The van der Waals surface area contributed by atoms with Crippen LogP contribution in [0.25, 0.3) is 0 Å². The number of hydrogen-bond acceptors (Lipinski definition) is 13. The van der Waals surface area contributed by atoms with Gasteiger partial charge in [-0.05, 0) is 43.9 Å². The van der Waals surface area contributed by atoms with E-state index in [1.165, 1.54) is 18.2 Å². The van der Waals surface area contributed by atoms with Crippen LogP contribution in [0.3, 0.4) is 0 Å². The number of aromatic nitrogens is 3. The fraction of sp³-hybridized carbons (Fsp3) is 0.591. The van der Waals surface area contributed by atoms with Crippen LogP contribution in [0.1, 0.15) is 53.4 Å². The van der Waals surface area contributed by atoms with Crippen molar-refractivity contribution in [2.24, 2.45) is 0 Å². The molecule has 1 fully saturated rings. The lowest BCUT2D eigenvalue weighted by Gasteiger charge is -2.29. The summed E-state index contributed by atoms with van der Waals surface area (Å²) < 4.78 is 82.9. The third-order valence-electron chi connectivity index (χ3n) is 4.85. The normalized spacial score (nSPS) is 16.4. The Morgan fingerprint density at radius 2 is 1.38 bits per heavy atom. The molecule has 40 heavy (non-hydrogen) atoms. The van der Waals surface area contributed by atoms with Crippen molar-refractivity contribution >= 4 is 54.3 Å². The standard InChI is InChI=1S/C18H27N7O5S2.2C2H6.O3S/c1-25(2)18-22-16(19-12-7-9-13(10-8-12)24-31(3,26)27)21-17(23-18)20-14-5-4-6-15(11-14)32(28,29)30;2*1-2;1-4(2)3/h4-6,11-13,24H,7-10H2,1-3H3,(H,28,29,30)(H2,19,20,21,22,23);2*1-2H3;. The largest absolute Gasteiger partial charge is 0.425 e. The average Bonchev–Trinajstić information content (AvgIpc) is 2.86. The van der Waals surface area contributed by atoms with Crippen molar-refractivity contribution in [1.29, 1.82) is 0 Å². The number of nitrogens with one attached hydrogen (secondary N) is 3. The van der Waals surface area contributed by atoms with E-state index in [9.17, 15) is 21.4 Å². The van der Waals surface area contributed by atoms with Gasteiger partial charge in [-0.25, -0.2) is 13.1 Å². The maximum Gasteiger partial charge on any atom is 0.425 e. The minimum Gasteiger partial charge on any atom is -0.351 e. The highest BCUT2D eigenvalue weighted by Crippen LogP contribution is 2.24. The van der Waals surface area contributed by atoms with E-state index in [-0.39, 0.29) is 22.9 Å². The highest BCUT2D eigenvalue weighted by molar-refractivity contribution is 7.88. The molecular formula is C22H39N7O8S3. The molecule has 1 aromatic heterocycles. The van der Waals surface area contributed by atoms with Crippen LogP contribution < -0.4 is 20.3 Å². The topological polar surface area (TPSA) is 218 Å². The molecule has 1 saturated carbocycles. The molecule has 2 aromatic rings. The van der Waals surface area contributed by atoms with Crippen molar-refractivity contribution in [3.63, 3.8) is 0 Å². The minimum absolute atomic E-state index is 0.0701. The van der Waals surface area contributed by atoms with Gasteiger partial charge in [0, 0.05) is 31.9 Å². The zero-order valence-electron chi connectivity index (χ0n) is 23.6. The molecule has 0 spiro atoms. The quantitative estimate of drug-likeness (QED) is 0.309. The molecular weight excluding hydrogens is 586 g/mol. The molecule has 0 radical (unpaired) electrons. The third kappa shape index (κ3) is 15.0. The van der Waals surface area contributed by atoms with Gasteiger partial charge >= 0.3 is 10.6 Å². The first-order chi connectivity index (χ1) is 18.6. The number of hydrogen-bond donors (Lipinski definition) is 4. The Labute approximate surface area is 238 Å². The van der Waals surface area contributed by atoms with Gasteiger partial charge in [0.1, 0.15) is 0 Å². The summed E-state index contributed by atoms with van der Waals surface area (Å²) in [6, 6.07) is 5.66. The monoisotopic (exact) mass is 625 g/mol. The predicted molar refractivity (Wildman–Crippen MR) is 154 cm³/mol. The smallest absolute Gasteiger partial charge is 0.351 e. The first-order valence-electron chi connectivity index (χ1n) is 12.4. The highest BCUT2D eigenvalue weighted by Gasteiger charge is 2.24. The first-order valence-corrected chi connectivity index (χ1v) is 16.7. The molecule has 1 aliphatic rings. The summed E-state index contributed by atoms with van der Waals surface area (Å²) in [5, 5.41) is 6.22. The Kier molecular flexibility index (Phi) is 16.4. The lowest BCUT2D eigenvalue weighted by molar-refractivity contribution is 0.387. The van der Waals surface area contributed by atoms with E-state index in [2.05, 4.69) is 30.3 Å². The van der Waals surface area contributed by atoms with Crippen LogP contribution in [0.5, 0.6) is 0 Å². The van der Waals surface area contributed by atoms with Crippen molar-refractivity contribution in [2.75, 3.05) is 35.9 Å². The van der Waals surface area contributed by atoms with E-state index < -0.39 is 30.8 Å². The number of benzene rings is 1. The van der Waals surface area contributed by atoms with Crippen molar-refractivity contribution in [3.8, 4) is 0 Å². The van der Waals surface area contributed by atoms with Crippen LogP contribution in [0, 0.1) is 0 Å². The average molecular weight is 626 g/mol. The summed E-state index contributed by atoms with van der Waals surface area (Å²) in [6.07, 6.45) is 4.05. The Bertz CT molecular complexity index is 1370. The predicted octanol–water partition coefficient (Wildman–Crippen LogP) is 2.25. The van der Waals surface area contributed by atoms with Gasteiger partial charge in [-0.2, -0.15) is 23.4 Å². The Balaban J connectivity index is 0.00000171. The van der Waals surface area contributed by atoms with Crippen molar-refractivity contribution in [1.82, 2.24) is 19.7 Å². The number of rotatable bonds is 8. The molecule has 3 rings (SSSR count). The van der Waals surface area contributed by atoms with Gasteiger partial charge in [0.25, 0.3) is 10.1 Å². The van der Waals surface area contributed by atoms with Gasteiger partial charge in [0.15, 0.2) is 0 Å². The molecule has 0 saturated heterocycles. The molecule has 15 nitrogen and oxygen atoms in total. The summed E-state index contributed by atoms with van der Waals surface area (Å²) in [4.78, 5) is 14.6. The lowest BCUT2D eigenvalue weighted by Crippen LogP contribution is -2.39. The van der Waals surface area contributed by atoms with Crippen molar-refractivity contribution in [2.45, 2.75) is 70.4 Å². The molecule has 1 aliphatic carbocycles. The fourth-order valence-electron chi connectivity index (χ4n) is 3.39. The molecule has 18 heteroatoms. The van der Waals surface area contributed by atoms with Gasteiger partial charge in [0.2, 0.25) is 27.9 Å². The SMILES string of the molecule is CC.CC.CN(C)c1nc(Nc2cccc(S(=O)(=O)O)c2)nc(NC2CCC(NS(C)(=O)=O)CC2)n1.O=S(=O)=O. The van der Waals surface area contributed by atoms with Crippen LogP contribution in [-0.4, -0.2) is 81.4 Å². The van der Waals surface area contributed by atoms with E-state index >= 15 is 0 Å². The summed E-state index contributed by atoms with van der Waals surface area (Å²) in [5.74, 6) is 0.936. The maximum absolute atomic E-state index is 11.4. The Morgan fingerprint density at radius 3 is 1.85 bits per heavy atom. The second-order valence-corrected chi connectivity index (χ2v) is 11.7. The maximum atomic E-state index is 11.4. The second kappa shape index (κ2) is 17.7. The van der Waals surface area contributed by atoms with Gasteiger partial charge in [-0.1, -0.05) is 33.8 Å². The third-order valence-corrected chi connectivity index (χ3v) is 6.46. The van der Waals surface area contributed by atoms with Gasteiger partial charge < -0.3 is 15.5 Å². The van der Waals surface area contributed by atoms with Crippen LogP contribution in [0.15, 0.2) is 29.2 Å². The Hall–Kier alpha value is -2.93. The number of nitrogens with zero attached hydrogens (tertiary/aromatic N) is 4. The van der Waals surface area contributed by atoms with Crippen LogP contribution >= 0.6 is 0 Å². The fourth-order valence-corrected chi connectivity index (χ4v) is 4.76. The summed E-state index contributed by atoms with van der Waals surface area (Å²) in [7, 11) is -7.12. The van der Waals surface area contributed by atoms with Gasteiger partial charge in [-0.3, -0.25) is 4.55 Å². The van der Waals surface area contributed by atoms with Crippen molar-refractivity contribution in [3.05, 3.63) is 24.3 Å². The molecule has 0 bridgehead atoms. The van der Waals surface area contributed by atoms with E-state index in [0.717, 1.165) is 19.1 Å². The second-order valence-electron chi connectivity index (χ2n) is 8.09. The molecule has 0 unspecified atom stereocenters. The minimum atomic E-state index is -4.34. The van der Waals surface area contributed by atoms with E-state index in [4.69, 9.17) is 12.6 Å². The van der Waals surface area contributed by atoms with E-state index in [1.807, 2.05) is 27.7 Å². The first kappa shape index (κ1) is 37.1. The van der Waals surface area contributed by atoms with Gasteiger partial charge in [0.05, 0.1) is 11.2 Å². The molecule has 4 N–H and O–H groups in total. The summed E-state index contributed by atoms with van der Waals surface area (Å²) in [6.45, 7) is 8.00. The highest BCUT2D eigenvalue weighted by atomic mass is 32.2. The zero-order valence-corrected chi connectivity index (χ0v) is 26.1. The van der Waals surface area contributed by atoms with Gasteiger partial charge in [-0.15, -0.1) is 12.6 Å². The number of sulfonamides is 1. The van der Waals surface area contributed by atoms with Crippen LogP contribution in [0.4, 0.5) is 23.5 Å². The molecule has 1 heterocycles. The molecule has 0 aliphatic heterocycles. The lowest BCUT2D eigenvalue weighted by atomic mass is 9.92. The van der Waals surface area contributed by atoms with E-state index in [1.54, 1.807) is 25.1 Å². The molecule has 228 valence electrons. The van der Waals surface area contributed by atoms with Crippen LogP contribution in [0.2, 0.25) is 0 Å². The Morgan fingerprint density at radius 1 is 0.875 bits per heavy atom. The van der Waals surface area contributed by atoms with E-state index in [0.29, 0.717) is 30.4 Å². The molecule has 0 atom stereocenters. The summed E-state index contributed by atoms with van der Waals surface area (Å²) in [5.41, 5.74) is 0.384. The van der Waals surface area contributed by atoms with Crippen molar-refractivity contribution < 1.29 is 34.0 Å². The van der Waals surface area contributed by atoms with Crippen LogP contribution in [-0.2, 0) is 30.8 Å².